The van der Waals surface area contributed by atoms with Crippen LogP contribution in [-0.2, 0) is 14.3 Å². The molecule has 7 heterocycles. The van der Waals surface area contributed by atoms with E-state index in [9.17, 15) is 19.8 Å². The summed E-state index contributed by atoms with van der Waals surface area (Å²) in [6.45, 7) is 9.90. The Labute approximate surface area is 453 Å². The summed E-state index contributed by atoms with van der Waals surface area (Å²) in [5, 5.41) is 37.0. The predicted octanol–water partition coefficient (Wildman–Crippen LogP) is 8.64. The lowest BCUT2D eigenvalue weighted by molar-refractivity contribution is -0.141. The number of para-hydroxylation sites is 1. The number of carbonyl (C=O) groups is 2. The van der Waals surface area contributed by atoms with Gasteiger partial charge in [-0.05, 0) is 111 Å². The zero-order valence-electron chi connectivity index (χ0n) is 44.2. The fourth-order valence-corrected chi connectivity index (χ4v) is 13.1. The normalized spacial score (nSPS) is 24.9. The molecule has 2 amide bonds. The van der Waals surface area contributed by atoms with Crippen LogP contribution in [0, 0.1) is 18.8 Å². The average molecular weight is 1070 g/mol. The predicted molar refractivity (Wildman–Crippen MR) is 293 cm³/mol. The Balaban J connectivity index is 0.601. The van der Waals surface area contributed by atoms with Crippen LogP contribution in [-0.4, -0.2) is 121 Å². The van der Waals surface area contributed by atoms with E-state index in [1.165, 1.54) is 4.90 Å². The Morgan fingerprint density at radius 1 is 0.870 bits per heavy atom. The number of hydrogen-bond donors (Lipinski definition) is 4. The number of likely N-dealkylation sites (tertiary alicyclic amines) is 1. The van der Waals surface area contributed by atoms with Crippen LogP contribution in [0.5, 0.6) is 17.5 Å². The van der Waals surface area contributed by atoms with Crippen LogP contribution < -0.4 is 30.3 Å². The number of hydrogen-bond acceptors (Lipinski definition) is 17. The van der Waals surface area contributed by atoms with Crippen molar-refractivity contribution in [3.8, 4) is 39.2 Å². The van der Waals surface area contributed by atoms with Crippen molar-refractivity contribution in [2.45, 2.75) is 146 Å². The first kappa shape index (κ1) is 52.2. The largest absolute Gasteiger partial charge is 0.507 e. The monoisotopic (exact) mass is 1070 g/mol. The zero-order chi connectivity index (χ0) is 53.3. The van der Waals surface area contributed by atoms with Crippen molar-refractivity contribution in [2.24, 2.45) is 11.8 Å². The zero-order valence-corrected chi connectivity index (χ0v) is 45.1. The van der Waals surface area contributed by atoms with Crippen molar-refractivity contribution in [3.63, 3.8) is 0 Å². The molecule has 2 saturated carbocycles. The summed E-state index contributed by atoms with van der Waals surface area (Å²) in [5.74, 6) is 0.929. The molecular formula is C58H70N10O8S. The van der Waals surface area contributed by atoms with Gasteiger partial charge in [-0.2, -0.15) is 0 Å². The summed E-state index contributed by atoms with van der Waals surface area (Å²) >= 11 is 1.59. The number of carbonyl (C=O) groups excluding carboxylic acids is 2. The highest BCUT2D eigenvalue weighted by Crippen LogP contribution is 2.41. The number of benzene rings is 2. The van der Waals surface area contributed by atoms with E-state index in [1.807, 2.05) is 81.9 Å². The van der Waals surface area contributed by atoms with Gasteiger partial charge in [-0.1, -0.05) is 50.2 Å². The van der Waals surface area contributed by atoms with Gasteiger partial charge in [-0.25, -0.2) is 9.97 Å². The smallest absolute Gasteiger partial charge is 0.254 e. The molecule has 0 spiro atoms. The third-order valence-corrected chi connectivity index (χ3v) is 17.5. The highest BCUT2D eigenvalue weighted by atomic mass is 32.1. The number of phenols is 1. The maximum absolute atomic E-state index is 14.3. The van der Waals surface area contributed by atoms with E-state index in [0.717, 1.165) is 104 Å². The number of fused-ring (bicyclic) bond motifs is 2. The van der Waals surface area contributed by atoms with Gasteiger partial charge < -0.3 is 54.7 Å². The Bertz CT molecular complexity index is 3000. The van der Waals surface area contributed by atoms with Crippen molar-refractivity contribution >= 4 is 40.3 Å². The van der Waals surface area contributed by atoms with Crippen molar-refractivity contribution in [3.05, 3.63) is 102 Å². The number of ether oxygens (including phenoxy) is 3. The van der Waals surface area contributed by atoms with Crippen LogP contribution in [0.3, 0.4) is 0 Å². The second-order valence-electron chi connectivity index (χ2n) is 22.1. The van der Waals surface area contributed by atoms with Crippen molar-refractivity contribution in [1.29, 1.82) is 0 Å². The molecule has 19 heteroatoms. The van der Waals surface area contributed by atoms with Crippen LogP contribution in [0.1, 0.15) is 114 Å². The first-order valence-electron chi connectivity index (χ1n) is 27.4. The number of β-amino-alcohol motifs (C(OH)–C–C–N with tert-alkyl or cyclic N) is 1. The number of nitrogen functional groups attached to an aromatic ring is 1. The van der Waals surface area contributed by atoms with Crippen LogP contribution in [0.25, 0.3) is 21.7 Å². The number of aliphatic hydroxyl groups excluding tert-OH is 1. The molecule has 11 rings (SSSR count). The van der Waals surface area contributed by atoms with Gasteiger partial charge in [-0.3, -0.25) is 9.59 Å². The lowest BCUT2D eigenvalue weighted by atomic mass is 9.84. The molecule has 4 aromatic heterocycles. The van der Waals surface area contributed by atoms with Crippen LogP contribution >= 0.6 is 11.3 Å². The maximum Gasteiger partial charge on any atom is 0.254 e. The van der Waals surface area contributed by atoms with Gasteiger partial charge in [0.15, 0.2) is 11.6 Å². The van der Waals surface area contributed by atoms with Crippen molar-refractivity contribution < 1.29 is 38.5 Å². The molecule has 5 N–H and O–H groups in total. The number of aryl methyl sites for hydroxylation is 1. The van der Waals surface area contributed by atoms with Gasteiger partial charge in [0, 0.05) is 80.6 Å². The lowest BCUT2D eigenvalue weighted by Gasteiger charge is -2.43. The van der Waals surface area contributed by atoms with E-state index >= 15 is 0 Å². The van der Waals surface area contributed by atoms with Gasteiger partial charge in [0.1, 0.15) is 23.8 Å². The number of amides is 2. The van der Waals surface area contributed by atoms with Crippen molar-refractivity contribution in [2.75, 3.05) is 41.8 Å². The van der Waals surface area contributed by atoms with E-state index in [0.29, 0.717) is 59.2 Å². The summed E-state index contributed by atoms with van der Waals surface area (Å²) in [5.41, 5.74) is 14.4. The second-order valence-corrected chi connectivity index (χ2v) is 23.0. The second kappa shape index (κ2) is 22.6. The van der Waals surface area contributed by atoms with E-state index in [4.69, 9.17) is 24.5 Å². The molecule has 1 unspecified atom stereocenters. The summed E-state index contributed by atoms with van der Waals surface area (Å²) in [4.78, 5) is 44.4. The van der Waals surface area contributed by atoms with Gasteiger partial charge >= 0.3 is 0 Å². The SMILES string of the molecule is Cc1ncsc1-c1ccc([C@H](C)NC(=O)[C@@H]2C[C@@H](O)CN2C(=O)[C@H](c2cc(OCCC3CCC(OC4CC(Oc5cc(N6C7CC[C@@H]6CN(c6cc(-c8ccccc8O)nnc6N)C7)ccn5)C4)CC3)no2)C(C)C)cc1. The summed E-state index contributed by atoms with van der Waals surface area (Å²) < 4.78 is 24.8. The van der Waals surface area contributed by atoms with Crippen LogP contribution in [0.4, 0.5) is 17.2 Å². The number of nitrogens with two attached hydrogens (primary N) is 1. The van der Waals surface area contributed by atoms with E-state index in [2.05, 4.69) is 52.6 Å². The molecule has 0 radical (unpaired) electrons. The minimum absolute atomic E-state index is 0.0583. The van der Waals surface area contributed by atoms with Gasteiger partial charge in [0.25, 0.3) is 5.88 Å². The molecule has 5 fully saturated rings. The number of aliphatic hydroxyl groups is 1. The minimum Gasteiger partial charge on any atom is -0.507 e. The Morgan fingerprint density at radius 2 is 1.64 bits per heavy atom. The molecule has 77 heavy (non-hydrogen) atoms. The fourth-order valence-electron chi connectivity index (χ4n) is 12.3. The van der Waals surface area contributed by atoms with E-state index in [1.54, 1.807) is 29.5 Å². The molecule has 6 atom stereocenters. The molecule has 2 aliphatic carbocycles. The highest BCUT2D eigenvalue weighted by Gasteiger charge is 2.45. The lowest BCUT2D eigenvalue weighted by Crippen LogP contribution is -2.54. The first-order valence-corrected chi connectivity index (χ1v) is 28.3. The van der Waals surface area contributed by atoms with Gasteiger partial charge in [0.05, 0.1) is 58.4 Å². The molecule has 406 valence electrons. The molecule has 3 saturated heterocycles. The number of nitrogens with zero attached hydrogens (tertiary/aromatic N) is 8. The van der Waals surface area contributed by atoms with Gasteiger partial charge in [0.2, 0.25) is 17.7 Å². The summed E-state index contributed by atoms with van der Waals surface area (Å²) in [7, 11) is 0. The van der Waals surface area contributed by atoms with Crippen LogP contribution in [0.2, 0.25) is 0 Å². The standard InChI is InChI=1S/C58H70N10O8S/c1-33(2)54(58(72)67-31-42(69)24-49(67)57(71)62-34(3)37-11-13-38(14-12-37)55-35(4)61-32-77-55)51-28-53(65-76-51)73-22-20-36-9-17-43(18-10-36)74-44-25-45(26-44)75-52-23-39(19-21-60-52)68-40-15-16-41(68)30-66(29-40)48-27-47(63-64-56(48)59)46-7-5-6-8-50(46)70/h5-8,11-14,19,21,23,27-28,32-34,36,40-45,49,54,69-70H,9-10,15-18,20,22,24-26,29-31H2,1-4H3,(H2,59,64)(H,62,71)/t34-,36?,40+,41?,42+,43?,44?,45?,49-,54-/m0/s1. The maximum atomic E-state index is 14.3. The Morgan fingerprint density at radius 3 is 2.36 bits per heavy atom. The third-order valence-electron chi connectivity index (χ3n) is 16.5. The molecule has 2 aromatic carbocycles. The number of rotatable bonds is 18. The van der Waals surface area contributed by atoms with E-state index < -0.39 is 18.1 Å². The molecule has 5 aliphatic rings. The molecule has 18 nitrogen and oxygen atoms in total. The number of nitrogens with one attached hydrogen (secondary N) is 1. The molecule has 2 bridgehead atoms. The Hall–Kier alpha value is -6.83. The van der Waals surface area contributed by atoms with Crippen LogP contribution in [0.15, 0.2) is 89.0 Å². The fraction of sp³-hybridized carbons (Fsp3) is 0.500. The number of anilines is 3. The number of phenolic OH excluding ortho intramolecular Hbond substituents is 1. The number of pyridine rings is 1. The molecule has 6 aromatic rings. The Kier molecular flexibility index (Phi) is 15.4. The highest BCUT2D eigenvalue weighted by molar-refractivity contribution is 7.13. The van der Waals surface area contributed by atoms with Gasteiger partial charge in [-0.15, -0.1) is 21.5 Å². The molecular weight excluding hydrogens is 997 g/mol. The number of thiazole rings is 1. The average Bonchev–Trinajstić information content (AvgIpc) is 4.22. The topological polar surface area (TPSA) is 228 Å². The quantitative estimate of drug-likeness (QED) is 0.0631. The molecule has 3 aliphatic heterocycles. The third kappa shape index (κ3) is 11.4. The van der Waals surface area contributed by atoms with E-state index in [-0.39, 0.29) is 60.8 Å². The number of aromatic nitrogens is 5. The number of aromatic hydroxyl groups is 1. The summed E-state index contributed by atoms with van der Waals surface area (Å²) in [6, 6.07) is 22.4. The summed E-state index contributed by atoms with van der Waals surface area (Å²) in [6.07, 6.45) is 10.5. The minimum atomic E-state index is -0.824. The first-order chi connectivity index (χ1) is 37.3. The van der Waals surface area contributed by atoms with Crippen molar-refractivity contribution in [1.82, 2.24) is 35.5 Å². The number of piperazine rings is 1.